The molecule has 0 saturated heterocycles. The van der Waals surface area contributed by atoms with E-state index in [4.69, 9.17) is 4.74 Å². The maximum atomic E-state index is 12.2. The number of anilines is 1. The molecule has 5 nitrogen and oxygen atoms in total. The summed E-state index contributed by atoms with van der Waals surface area (Å²) < 4.78 is 5.59. The second-order valence-corrected chi connectivity index (χ2v) is 4.97. The Labute approximate surface area is 134 Å². The van der Waals surface area contributed by atoms with E-state index in [1.54, 1.807) is 24.4 Å². The van der Waals surface area contributed by atoms with Crippen LogP contribution in [0.25, 0.3) is 0 Å². The second kappa shape index (κ2) is 6.70. The summed E-state index contributed by atoms with van der Waals surface area (Å²) in [5, 5.41) is 2.74. The maximum Gasteiger partial charge on any atom is 0.258 e. The average Bonchev–Trinajstić information content (AvgIpc) is 2.56. The highest BCUT2D eigenvalue weighted by molar-refractivity contribution is 6.03. The molecule has 2 heterocycles. The third-order valence-corrected chi connectivity index (χ3v) is 3.12. The Hall–Kier alpha value is -3.21. The third kappa shape index (κ3) is 3.91. The Morgan fingerprint density at radius 3 is 2.57 bits per heavy atom. The molecule has 114 valence electrons. The van der Waals surface area contributed by atoms with Crippen LogP contribution in [0.5, 0.6) is 11.6 Å². The Bertz CT molecular complexity index is 802. The van der Waals surface area contributed by atoms with E-state index >= 15 is 0 Å². The number of pyridine rings is 2. The van der Waals surface area contributed by atoms with E-state index in [0.29, 0.717) is 23.0 Å². The highest BCUT2D eigenvalue weighted by Gasteiger charge is 2.08. The largest absolute Gasteiger partial charge is 0.439 e. The number of para-hydroxylation sites is 1. The molecule has 0 aliphatic carbocycles. The zero-order valence-electron chi connectivity index (χ0n) is 12.6. The van der Waals surface area contributed by atoms with E-state index in [1.165, 1.54) is 6.20 Å². The van der Waals surface area contributed by atoms with E-state index < -0.39 is 0 Å². The minimum Gasteiger partial charge on any atom is -0.439 e. The molecule has 0 fully saturated rings. The SMILES string of the molecule is Cc1ccnc(NC(=O)c2ccc(Oc3ccccc3)nc2)c1. The number of nitrogens with zero attached hydrogens (tertiary/aromatic N) is 2. The minimum absolute atomic E-state index is 0.262. The van der Waals surface area contributed by atoms with Gasteiger partial charge in [0.25, 0.3) is 5.91 Å². The Morgan fingerprint density at radius 1 is 1.04 bits per heavy atom. The van der Waals surface area contributed by atoms with Crippen molar-refractivity contribution in [2.45, 2.75) is 6.92 Å². The second-order valence-electron chi connectivity index (χ2n) is 4.97. The summed E-state index contributed by atoms with van der Waals surface area (Å²) in [6.07, 6.45) is 3.13. The molecule has 0 unspecified atom stereocenters. The summed E-state index contributed by atoms with van der Waals surface area (Å²) in [6.45, 7) is 1.94. The van der Waals surface area contributed by atoms with Crippen molar-refractivity contribution >= 4 is 11.7 Å². The molecular weight excluding hydrogens is 290 g/mol. The molecule has 0 aliphatic heterocycles. The van der Waals surface area contributed by atoms with Crippen molar-refractivity contribution in [1.29, 1.82) is 0 Å². The summed E-state index contributed by atoms with van der Waals surface area (Å²) >= 11 is 0. The van der Waals surface area contributed by atoms with Gasteiger partial charge in [0.15, 0.2) is 0 Å². The first kappa shape index (κ1) is 14.7. The summed E-state index contributed by atoms with van der Waals surface area (Å²) in [6, 6.07) is 16.3. The number of hydrogen-bond donors (Lipinski definition) is 1. The number of carbonyl (C=O) groups is 1. The van der Waals surface area contributed by atoms with Crippen molar-refractivity contribution in [2.75, 3.05) is 5.32 Å². The number of rotatable bonds is 4. The van der Waals surface area contributed by atoms with Crippen LogP contribution >= 0.6 is 0 Å². The van der Waals surface area contributed by atoms with E-state index in [9.17, 15) is 4.79 Å². The number of aromatic nitrogens is 2. The lowest BCUT2D eigenvalue weighted by Gasteiger charge is -2.06. The molecule has 5 heteroatoms. The highest BCUT2D eigenvalue weighted by atomic mass is 16.5. The van der Waals surface area contributed by atoms with Gasteiger partial charge in [0.2, 0.25) is 5.88 Å². The molecule has 0 atom stereocenters. The number of aryl methyl sites for hydroxylation is 1. The zero-order valence-corrected chi connectivity index (χ0v) is 12.6. The van der Waals surface area contributed by atoms with Gasteiger partial charge in [-0.25, -0.2) is 9.97 Å². The fourth-order valence-electron chi connectivity index (χ4n) is 1.98. The van der Waals surface area contributed by atoms with Gasteiger partial charge in [-0.3, -0.25) is 4.79 Å². The molecule has 1 N–H and O–H groups in total. The van der Waals surface area contributed by atoms with Crippen LogP contribution in [-0.2, 0) is 0 Å². The average molecular weight is 305 g/mol. The molecule has 0 saturated carbocycles. The molecule has 1 aromatic carbocycles. The van der Waals surface area contributed by atoms with Gasteiger partial charge >= 0.3 is 0 Å². The van der Waals surface area contributed by atoms with Gasteiger partial charge in [0.1, 0.15) is 11.6 Å². The van der Waals surface area contributed by atoms with Gasteiger partial charge < -0.3 is 10.1 Å². The lowest BCUT2D eigenvalue weighted by Crippen LogP contribution is -2.13. The first-order chi connectivity index (χ1) is 11.2. The van der Waals surface area contributed by atoms with Crippen molar-refractivity contribution < 1.29 is 9.53 Å². The van der Waals surface area contributed by atoms with Crippen molar-refractivity contribution in [3.05, 3.63) is 78.1 Å². The topological polar surface area (TPSA) is 64.1 Å². The highest BCUT2D eigenvalue weighted by Crippen LogP contribution is 2.18. The van der Waals surface area contributed by atoms with Crippen LogP contribution in [0.4, 0.5) is 5.82 Å². The van der Waals surface area contributed by atoms with Gasteiger partial charge in [-0.05, 0) is 42.8 Å². The first-order valence-corrected chi connectivity index (χ1v) is 7.14. The monoisotopic (exact) mass is 305 g/mol. The summed E-state index contributed by atoms with van der Waals surface area (Å²) in [5.74, 6) is 1.38. The summed E-state index contributed by atoms with van der Waals surface area (Å²) in [7, 11) is 0. The van der Waals surface area contributed by atoms with Crippen LogP contribution in [0.1, 0.15) is 15.9 Å². The molecule has 3 aromatic rings. The van der Waals surface area contributed by atoms with Crippen LogP contribution in [0, 0.1) is 6.92 Å². The maximum absolute atomic E-state index is 12.2. The number of amides is 1. The minimum atomic E-state index is -0.262. The molecular formula is C18H15N3O2. The smallest absolute Gasteiger partial charge is 0.258 e. The Kier molecular flexibility index (Phi) is 4.29. The van der Waals surface area contributed by atoms with E-state index in [-0.39, 0.29) is 5.91 Å². The van der Waals surface area contributed by atoms with Crippen molar-refractivity contribution in [3.8, 4) is 11.6 Å². The number of ether oxygens (including phenoxy) is 1. The van der Waals surface area contributed by atoms with Gasteiger partial charge in [-0.1, -0.05) is 18.2 Å². The fraction of sp³-hybridized carbons (Fsp3) is 0.0556. The quantitative estimate of drug-likeness (QED) is 0.795. The van der Waals surface area contributed by atoms with Crippen LogP contribution < -0.4 is 10.1 Å². The predicted octanol–water partition coefficient (Wildman–Crippen LogP) is 3.83. The van der Waals surface area contributed by atoms with Crippen LogP contribution in [0.2, 0.25) is 0 Å². The standard InChI is InChI=1S/C18H15N3O2/c1-13-9-10-19-16(11-13)21-18(22)14-7-8-17(20-12-14)23-15-5-3-2-4-6-15/h2-12H,1H3,(H,19,21,22). The molecule has 0 aliphatic rings. The van der Waals surface area contributed by atoms with Gasteiger partial charge in [-0.2, -0.15) is 0 Å². The fourth-order valence-corrected chi connectivity index (χ4v) is 1.98. The molecule has 2 aromatic heterocycles. The van der Waals surface area contributed by atoms with Crippen molar-refractivity contribution in [1.82, 2.24) is 9.97 Å². The molecule has 0 spiro atoms. The van der Waals surface area contributed by atoms with E-state index in [0.717, 1.165) is 5.56 Å². The third-order valence-electron chi connectivity index (χ3n) is 3.12. The normalized spacial score (nSPS) is 10.1. The molecule has 0 radical (unpaired) electrons. The number of carbonyl (C=O) groups excluding carboxylic acids is 1. The number of benzene rings is 1. The molecule has 0 bridgehead atoms. The van der Waals surface area contributed by atoms with Crippen molar-refractivity contribution in [2.24, 2.45) is 0 Å². The summed E-state index contributed by atoms with van der Waals surface area (Å²) in [5.41, 5.74) is 1.47. The lowest BCUT2D eigenvalue weighted by atomic mass is 10.2. The number of hydrogen-bond acceptors (Lipinski definition) is 4. The van der Waals surface area contributed by atoms with Crippen molar-refractivity contribution in [3.63, 3.8) is 0 Å². The van der Waals surface area contributed by atoms with Gasteiger partial charge in [-0.15, -0.1) is 0 Å². The van der Waals surface area contributed by atoms with E-state index in [2.05, 4.69) is 15.3 Å². The van der Waals surface area contributed by atoms with Gasteiger partial charge in [0.05, 0.1) is 5.56 Å². The molecule has 3 rings (SSSR count). The Morgan fingerprint density at radius 2 is 1.87 bits per heavy atom. The van der Waals surface area contributed by atoms with E-state index in [1.807, 2.05) is 43.3 Å². The van der Waals surface area contributed by atoms with Crippen LogP contribution in [0.15, 0.2) is 67.0 Å². The summed E-state index contributed by atoms with van der Waals surface area (Å²) in [4.78, 5) is 20.4. The lowest BCUT2D eigenvalue weighted by molar-refractivity contribution is 0.102. The van der Waals surface area contributed by atoms with Crippen LogP contribution in [-0.4, -0.2) is 15.9 Å². The zero-order chi connectivity index (χ0) is 16.1. The number of nitrogens with one attached hydrogen (secondary N) is 1. The van der Waals surface area contributed by atoms with Gasteiger partial charge in [0, 0.05) is 18.5 Å². The molecule has 23 heavy (non-hydrogen) atoms. The Balaban J connectivity index is 1.68. The molecule has 1 amide bonds. The predicted molar refractivity (Wildman–Crippen MR) is 87.7 cm³/mol. The van der Waals surface area contributed by atoms with Crippen LogP contribution in [0.3, 0.4) is 0 Å². The first-order valence-electron chi connectivity index (χ1n) is 7.14.